The van der Waals surface area contributed by atoms with E-state index in [2.05, 4.69) is 0 Å². The van der Waals surface area contributed by atoms with Gasteiger partial charge in [-0.15, -0.1) is 11.6 Å². The Labute approximate surface area is 110 Å². The number of sulfonamides is 1. The Kier molecular flexibility index (Phi) is 4.21. The van der Waals surface area contributed by atoms with Crippen molar-refractivity contribution in [3.8, 4) is 0 Å². The summed E-state index contributed by atoms with van der Waals surface area (Å²) in [6, 6.07) is 3.93. The number of morpholine rings is 1. The van der Waals surface area contributed by atoms with Crippen molar-refractivity contribution < 1.29 is 17.5 Å². The fourth-order valence-electron chi connectivity index (χ4n) is 1.76. The Morgan fingerprint density at radius 3 is 2.56 bits per heavy atom. The van der Waals surface area contributed by atoms with E-state index in [0.717, 1.165) is 6.07 Å². The number of nitrogens with zero attached hydrogens (tertiary/aromatic N) is 1. The summed E-state index contributed by atoms with van der Waals surface area (Å²) in [5.41, 5.74) is 0.551. The third kappa shape index (κ3) is 2.66. The minimum atomic E-state index is -3.78. The van der Waals surface area contributed by atoms with E-state index in [9.17, 15) is 12.8 Å². The lowest BCUT2D eigenvalue weighted by molar-refractivity contribution is 0.0729. The summed E-state index contributed by atoms with van der Waals surface area (Å²) in [7, 11) is -3.78. The Morgan fingerprint density at radius 2 is 2.00 bits per heavy atom. The molecular weight excluding hydrogens is 281 g/mol. The van der Waals surface area contributed by atoms with Gasteiger partial charge in [-0.1, -0.05) is 6.07 Å². The second-order valence-electron chi connectivity index (χ2n) is 3.91. The highest BCUT2D eigenvalue weighted by Crippen LogP contribution is 2.21. The van der Waals surface area contributed by atoms with Crippen LogP contribution in [0.25, 0.3) is 0 Å². The summed E-state index contributed by atoms with van der Waals surface area (Å²) >= 11 is 5.57. The van der Waals surface area contributed by atoms with Crippen LogP contribution in [0.15, 0.2) is 23.1 Å². The molecule has 1 fully saturated rings. The Morgan fingerprint density at radius 1 is 1.33 bits per heavy atom. The van der Waals surface area contributed by atoms with Crippen LogP contribution in [0.5, 0.6) is 0 Å². The smallest absolute Gasteiger partial charge is 0.246 e. The third-order valence-corrected chi connectivity index (χ3v) is 4.98. The van der Waals surface area contributed by atoms with E-state index in [0.29, 0.717) is 18.8 Å². The molecule has 4 nitrogen and oxygen atoms in total. The zero-order valence-electron chi connectivity index (χ0n) is 9.60. The van der Waals surface area contributed by atoms with Crippen molar-refractivity contribution in [1.29, 1.82) is 0 Å². The maximum Gasteiger partial charge on any atom is 0.246 e. The molecule has 1 aliphatic rings. The summed E-state index contributed by atoms with van der Waals surface area (Å²) in [5.74, 6) is -0.617. The minimum Gasteiger partial charge on any atom is -0.379 e. The number of halogens is 2. The molecule has 100 valence electrons. The maximum absolute atomic E-state index is 13.8. The molecule has 0 N–H and O–H groups in total. The number of benzene rings is 1. The van der Waals surface area contributed by atoms with E-state index in [4.69, 9.17) is 16.3 Å². The van der Waals surface area contributed by atoms with Gasteiger partial charge >= 0.3 is 0 Å². The molecule has 0 atom stereocenters. The van der Waals surface area contributed by atoms with Crippen molar-refractivity contribution in [2.75, 3.05) is 26.3 Å². The van der Waals surface area contributed by atoms with Crippen LogP contribution >= 0.6 is 11.6 Å². The molecule has 1 saturated heterocycles. The molecular formula is C11H13ClFNO3S. The molecule has 0 amide bonds. The van der Waals surface area contributed by atoms with Crippen LogP contribution < -0.4 is 0 Å². The first-order chi connectivity index (χ1) is 8.55. The highest BCUT2D eigenvalue weighted by Gasteiger charge is 2.28. The van der Waals surface area contributed by atoms with Crippen molar-refractivity contribution in [3.63, 3.8) is 0 Å². The first-order valence-corrected chi connectivity index (χ1v) is 7.45. The van der Waals surface area contributed by atoms with Crippen LogP contribution in [-0.2, 0) is 20.6 Å². The highest BCUT2D eigenvalue weighted by molar-refractivity contribution is 7.89. The largest absolute Gasteiger partial charge is 0.379 e. The topological polar surface area (TPSA) is 46.6 Å². The van der Waals surface area contributed by atoms with Crippen molar-refractivity contribution in [2.45, 2.75) is 10.8 Å². The molecule has 1 heterocycles. The summed E-state index contributed by atoms with van der Waals surface area (Å²) in [6.45, 7) is 1.17. The summed E-state index contributed by atoms with van der Waals surface area (Å²) in [6.07, 6.45) is 0. The van der Waals surface area contributed by atoms with E-state index in [1.807, 2.05) is 0 Å². The number of alkyl halides is 1. The van der Waals surface area contributed by atoms with Gasteiger partial charge in [-0.3, -0.25) is 0 Å². The van der Waals surface area contributed by atoms with Gasteiger partial charge in [-0.05, 0) is 17.7 Å². The fourth-order valence-corrected chi connectivity index (χ4v) is 3.38. The zero-order chi connectivity index (χ0) is 13.2. The van der Waals surface area contributed by atoms with Crippen molar-refractivity contribution in [1.82, 2.24) is 4.31 Å². The minimum absolute atomic E-state index is 0.148. The quantitative estimate of drug-likeness (QED) is 0.795. The van der Waals surface area contributed by atoms with Gasteiger partial charge in [0.15, 0.2) is 0 Å². The second kappa shape index (κ2) is 5.52. The van der Waals surface area contributed by atoms with Gasteiger partial charge < -0.3 is 4.74 Å². The normalized spacial score (nSPS) is 17.9. The lowest BCUT2D eigenvalue weighted by atomic mass is 10.2. The summed E-state index contributed by atoms with van der Waals surface area (Å²) < 4.78 is 44.5. The summed E-state index contributed by atoms with van der Waals surface area (Å²) in [4.78, 5) is -0.307. The van der Waals surface area contributed by atoms with Crippen molar-refractivity contribution >= 4 is 21.6 Å². The monoisotopic (exact) mass is 293 g/mol. The van der Waals surface area contributed by atoms with Crippen LogP contribution in [0, 0.1) is 5.82 Å². The molecule has 0 radical (unpaired) electrons. The van der Waals surface area contributed by atoms with Crippen molar-refractivity contribution in [3.05, 3.63) is 29.6 Å². The first-order valence-electron chi connectivity index (χ1n) is 5.48. The Balaban J connectivity index is 2.34. The van der Waals surface area contributed by atoms with Crippen molar-refractivity contribution in [2.24, 2.45) is 0 Å². The van der Waals surface area contributed by atoms with Gasteiger partial charge in [0.2, 0.25) is 10.0 Å². The maximum atomic E-state index is 13.8. The lowest BCUT2D eigenvalue weighted by Gasteiger charge is -2.26. The SMILES string of the molecule is O=S(=O)(c1ccc(CCl)cc1F)N1CCOCC1. The lowest BCUT2D eigenvalue weighted by Crippen LogP contribution is -2.40. The zero-order valence-corrected chi connectivity index (χ0v) is 11.2. The molecule has 1 aliphatic heterocycles. The number of ether oxygens (including phenoxy) is 1. The van der Waals surface area contributed by atoms with E-state index < -0.39 is 15.8 Å². The number of hydrogen-bond donors (Lipinski definition) is 0. The van der Waals surface area contributed by atoms with Gasteiger partial charge in [0, 0.05) is 19.0 Å². The predicted molar refractivity (Wildman–Crippen MR) is 65.5 cm³/mol. The molecule has 18 heavy (non-hydrogen) atoms. The molecule has 0 unspecified atom stereocenters. The molecule has 0 aromatic heterocycles. The van der Waals surface area contributed by atoms with E-state index in [-0.39, 0.29) is 23.9 Å². The van der Waals surface area contributed by atoms with Crippen LogP contribution in [-0.4, -0.2) is 39.0 Å². The molecule has 0 saturated carbocycles. The van der Waals surface area contributed by atoms with Gasteiger partial charge in [0.25, 0.3) is 0 Å². The van der Waals surface area contributed by atoms with Gasteiger partial charge in [-0.25, -0.2) is 12.8 Å². The Bertz CT molecular complexity index is 529. The number of hydrogen-bond acceptors (Lipinski definition) is 3. The number of rotatable bonds is 3. The predicted octanol–water partition coefficient (Wildman–Crippen LogP) is 1.59. The second-order valence-corrected chi connectivity index (χ2v) is 6.09. The van der Waals surface area contributed by atoms with Gasteiger partial charge in [0.1, 0.15) is 10.7 Å². The molecule has 2 rings (SSSR count). The van der Waals surface area contributed by atoms with E-state index in [1.165, 1.54) is 16.4 Å². The van der Waals surface area contributed by atoms with Crippen LogP contribution in [0.3, 0.4) is 0 Å². The first kappa shape index (κ1) is 13.7. The fraction of sp³-hybridized carbons (Fsp3) is 0.455. The molecule has 1 aromatic rings. The van der Waals surface area contributed by atoms with Crippen LogP contribution in [0.1, 0.15) is 5.56 Å². The van der Waals surface area contributed by atoms with Crippen LogP contribution in [0.4, 0.5) is 4.39 Å². The third-order valence-electron chi connectivity index (χ3n) is 2.74. The standard InChI is InChI=1S/C11H13ClFNO3S/c12-8-9-1-2-11(10(13)7-9)18(15,16)14-3-5-17-6-4-14/h1-2,7H,3-6,8H2. The highest BCUT2D eigenvalue weighted by atomic mass is 35.5. The van der Waals surface area contributed by atoms with Crippen LogP contribution in [0.2, 0.25) is 0 Å². The molecule has 1 aromatic carbocycles. The van der Waals surface area contributed by atoms with Gasteiger partial charge in [0.05, 0.1) is 13.2 Å². The molecule has 0 aliphatic carbocycles. The molecule has 0 spiro atoms. The summed E-state index contributed by atoms with van der Waals surface area (Å²) in [5, 5.41) is 0. The molecule has 7 heteroatoms. The molecule has 0 bridgehead atoms. The average molecular weight is 294 g/mol. The van der Waals surface area contributed by atoms with Gasteiger partial charge in [-0.2, -0.15) is 4.31 Å². The average Bonchev–Trinajstić information content (AvgIpc) is 2.39. The van der Waals surface area contributed by atoms with E-state index in [1.54, 1.807) is 0 Å². The Hall–Kier alpha value is -0.690. The van der Waals surface area contributed by atoms with E-state index >= 15 is 0 Å².